The van der Waals surface area contributed by atoms with Crippen LogP contribution in [0.2, 0.25) is 0 Å². The predicted molar refractivity (Wildman–Crippen MR) is 65.2 cm³/mol. The first-order valence-corrected chi connectivity index (χ1v) is 7.50. The highest BCUT2D eigenvalue weighted by molar-refractivity contribution is 7.92. The molecule has 1 aliphatic carbocycles. The Morgan fingerprint density at radius 1 is 1.32 bits per heavy atom. The van der Waals surface area contributed by atoms with Gasteiger partial charge in [0.05, 0.1) is 16.7 Å². The van der Waals surface area contributed by atoms with Gasteiger partial charge in [0.15, 0.2) is 16.1 Å². The van der Waals surface area contributed by atoms with E-state index >= 15 is 0 Å². The van der Waals surface area contributed by atoms with Crippen LogP contribution in [0.5, 0.6) is 0 Å². The maximum atomic E-state index is 12.1. The van der Waals surface area contributed by atoms with Crippen LogP contribution in [-0.4, -0.2) is 34.9 Å². The SMILES string of the molecule is O=C(O)N1Cc2cc(S(=O)(=O)C3CC3)ccc2C1O. The van der Waals surface area contributed by atoms with Crippen molar-refractivity contribution in [2.75, 3.05) is 0 Å². The average molecular weight is 283 g/mol. The fourth-order valence-corrected chi connectivity index (χ4v) is 4.03. The number of hydrogen-bond donors (Lipinski definition) is 2. The van der Waals surface area contributed by atoms with Crippen LogP contribution >= 0.6 is 0 Å². The van der Waals surface area contributed by atoms with Crippen molar-refractivity contribution in [3.05, 3.63) is 29.3 Å². The van der Waals surface area contributed by atoms with Crippen LogP contribution < -0.4 is 0 Å². The molecule has 102 valence electrons. The minimum atomic E-state index is -3.29. The van der Waals surface area contributed by atoms with Crippen molar-refractivity contribution in [1.82, 2.24) is 4.90 Å². The predicted octanol–water partition coefficient (Wildman–Crippen LogP) is 1.11. The monoisotopic (exact) mass is 283 g/mol. The average Bonchev–Trinajstić information content (AvgIpc) is 3.15. The van der Waals surface area contributed by atoms with Gasteiger partial charge in [0.25, 0.3) is 0 Å². The molecule has 7 heteroatoms. The quantitative estimate of drug-likeness (QED) is 0.847. The summed E-state index contributed by atoms with van der Waals surface area (Å²) in [4.78, 5) is 12.0. The van der Waals surface area contributed by atoms with E-state index in [4.69, 9.17) is 5.11 Å². The summed E-state index contributed by atoms with van der Waals surface area (Å²) in [6.07, 6.45) is -1.08. The van der Waals surface area contributed by atoms with Crippen LogP contribution in [0.15, 0.2) is 23.1 Å². The highest BCUT2D eigenvalue weighted by Crippen LogP contribution is 2.37. The summed E-state index contributed by atoms with van der Waals surface area (Å²) in [6, 6.07) is 4.43. The second-order valence-corrected chi connectivity index (χ2v) is 7.12. The molecule has 0 spiro atoms. The number of aliphatic hydroxyl groups excluding tert-OH is 1. The lowest BCUT2D eigenvalue weighted by Crippen LogP contribution is -2.27. The Balaban J connectivity index is 1.99. The van der Waals surface area contributed by atoms with E-state index in [1.165, 1.54) is 18.2 Å². The van der Waals surface area contributed by atoms with E-state index in [1.807, 2.05) is 0 Å². The van der Waals surface area contributed by atoms with Crippen LogP contribution in [0.1, 0.15) is 30.2 Å². The number of benzene rings is 1. The summed E-state index contributed by atoms with van der Waals surface area (Å²) >= 11 is 0. The first-order valence-electron chi connectivity index (χ1n) is 5.95. The number of nitrogens with zero attached hydrogens (tertiary/aromatic N) is 1. The van der Waals surface area contributed by atoms with Gasteiger partial charge in [0.1, 0.15) is 0 Å². The second kappa shape index (κ2) is 3.94. The molecule has 1 saturated carbocycles. The van der Waals surface area contributed by atoms with Crippen molar-refractivity contribution < 1.29 is 23.4 Å². The number of aliphatic hydroxyl groups is 1. The largest absolute Gasteiger partial charge is 0.465 e. The number of carbonyl (C=O) groups is 1. The number of rotatable bonds is 2. The normalized spacial score (nSPS) is 22.4. The van der Waals surface area contributed by atoms with Crippen molar-refractivity contribution in [3.8, 4) is 0 Å². The zero-order valence-electron chi connectivity index (χ0n) is 9.98. The molecule has 2 N–H and O–H groups in total. The highest BCUT2D eigenvalue weighted by Gasteiger charge is 2.38. The molecular formula is C12H13NO5S. The third-order valence-corrected chi connectivity index (χ3v) is 5.83. The van der Waals surface area contributed by atoms with E-state index in [0.29, 0.717) is 24.0 Å². The third-order valence-electron chi connectivity index (χ3n) is 3.57. The molecule has 0 radical (unpaired) electrons. The van der Waals surface area contributed by atoms with E-state index in [-0.39, 0.29) is 16.7 Å². The van der Waals surface area contributed by atoms with E-state index in [1.54, 1.807) is 0 Å². The van der Waals surface area contributed by atoms with E-state index in [2.05, 4.69) is 0 Å². The van der Waals surface area contributed by atoms with Crippen LogP contribution in [0.4, 0.5) is 4.79 Å². The molecular weight excluding hydrogens is 270 g/mol. The molecule has 19 heavy (non-hydrogen) atoms. The molecule has 0 bridgehead atoms. The molecule has 1 aliphatic heterocycles. The standard InChI is InChI=1S/C12H13NO5S/c14-11-10-4-3-9(19(17,18)8-1-2-8)5-7(10)6-13(11)12(15)16/h3-5,8,11,14H,1-2,6H2,(H,15,16). The maximum Gasteiger partial charge on any atom is 0.409 e. The van der Waals surface area contributed by atoms with Crippen LogP contribution in [0, 0.1) is 0 Å². The molecule has 0 aromatic heterocycles. The third kappa shape index (κ3) is 1.89. The molecule has 1 aromatic rings. The van der Waals surface area contributed by atoms with Gasteiger partial charge in [-0.2, -0.15) is 0 Å². The topological polar surface area (TPSA) is 94.9 Å². The fourth-order valence-electron chi connectivity index (χ4n) is 2.33. The highest BCUT2D eigenvalue weighted by atomic mass is 32.2. The molecule has 6 nitrogen and oxygen atoms in total. The lowest BCUT2D eigenvalue weighted by Gasteiger charge is -2.15. The lowest BCUT2D eigenvalue weighted by molar-refractivity contribution is 0.0210. The molecule has 1 unspecified atom stereocenters. The molecule has 1 aromatic carbocycles. The van der Waals surface area contributed by atoms with Gasteiger partial charge in [-0.25, -0.2) is 13.2 Å². The Kier molecular flexibility index (Phi) is 2.58. The summed E-state index contributed by atoms with van der Waals surface area (Å²) in [5.41, 5.74) is 1.01. The molecule has 3 rings (SSSR count). The Bertz CT molecular complexity index is 650. The zero-order valence-corrected chi connectivity index (χ0v) is 10.8. The zero-order chi connectivity index (χ0) is 13.8. The first-order chi connectivity index (χ1) is 8.91. The molecule has 1 fully saturated rings. The summed E-state index contributed by atoms with van der Waals surface area (Å²) in [5.74, 6) is 0. The Hall–Kier alpha value is -1.60. The van der Waals surface area contributed by atoms with Gasteiger partial charge < -0.3 is 10.2 Å². The minimum absolute atomic E-state index is 0.0137. The molecule has 1 amide bonds. The smallest absolute Gasteiger partial charge is 0.409 e. The van der Waals surface area contributed by atoms with Gasteiger partial charge >= 0.3 is 6.09 Å². The number of carboxylic acid groups (broad SMARTS) is 1. The van der Waals surface area contributed by atoms with Crippen molar-refractivity contribution >= 4 is 15.9 Å². The van der Waals surface area contributed by atoms with E-state index in [9.17, 15) is 18.3 Å². The lowest BCUT2D eigenvalue weighted by atomic mass is 10.1. The summed E-state index contributed by atoms with van der Waals surface area (Å²) in [6.45, 7) is 0.0137. The molecule has 0 saturated heterocycles. The van der Waals surface area contributed by atoms with Gasteiger partial charge in [0, 0.05) is 5.56 Å². The molecule has 1 atom stereocenters. The second-order valence-electron chi connectivity index (χ2n) is 4.89. The van der Waals surface area contributed by atoms with Gasteiger partial charge in [-0.05, 0) is 30.5 Å². The molecule has 2 aliphatic rings. The van der Waals surface area contributed by atoms with Gasteiger partial charge in [-0.3, -0.25) is 4.90 Å². The van der Waals surface area contributed by atoms with Crippen LogP contribution in [0.3, 0.4) is 0 Å². The van der Waals surface area contributed by atoms with Gasteiger partial charge in [0.2, 0.25) is 0 Å². The number of hydrogen-bond acceptors (Lipinski definition) is 4. The minimum Gasteiger partial charge on any atom is -0.465 e. The maximum absolute atomic E-state index is 12.1. The van der Waals surface area contributed by atoms with E-state index < -0.39 is 22.2 Å². The van der Waals surface area contributed by atoms with Crippen LogP contribution in [-0.2, 0) is 16.4 Å². The van der Waals surface area contributed by atoms with Crippen LogP contribution in [0.25, 0.3) is 0 Å². The Labute approximate surface area is 110 Å². The molecule has 1 heterocycles. The van der Waals surface area contributed by atoms with Crippen molar-refractivity contribution in [3.63, 3.8) is 0 Å². The Morgan fingerprint density at radius 3 is 2.58 bits per heavy atom. The number of amides is 1. The van der Waals surface area contributed by atoms with Gasteiger partial charge in [-0.15, -0.1) is 0 Å². The number of sulfone groups is 1. The number of fused-ring (bicyclic) bond motifs is 1. The van der Waals surface area contributed by atoms with Gasteiger partial charge in [-0.1, -0.05) is 6.07 Å². The summed E-state index contributed by atoms with van der Waals surface area (Å²) in [5, 5.41) is 18.5. The Morgan fingerprint density at radius 2 is 2.00 bits per heavy atom. The van der Waals surface area contributed by atoms with E-state index in [0.717, 1.165) is 4.90 Å². The van der Waals surface area contributed by atoms with Crippen molar-refractivity contribution in [2.45, 2.75) is 35.8 Å². The fraction of sp³-hybridized carbons (Fsp3) is 0.417. The first kappa shape index (κ1) is 12.4. The summed E-state index contributed by atoms with van der Waals surface area (Å²) < 4.78 is 24.2. The van der Waals surface area contributed by atoms with Crippen molar-refractivity contribution in [1.29, 1.82) is 0 Å². The van der Waals surface area contributed by atoms with Crippen molar-refractivity contribution in [2.24, 2.45) is 0 Å². The summed E-state index contributed by atoms with van der Waals surface area (Å²) in [7, 11) is -3.29.